The van der Waals surface area contributed by atoms with Gasteiger partial charge in [0.1, 0.15) is 11.7 Å². The summed E-state index contributed by atoms with van der Waals surface area (Å²) in [4.78, 5) is 18.5. The molecule has 0 amide bonds. The lowest BCUT2D eigenvalue weighted by molar-refractivity contribution is -0.385. The summed E-state index contributed by atoms with van der Waals surface area (Å²) in [6, 6.07) is 3.12. The van der Waals surface area contributed by atoms with E-state index in [4.69, 9.17) is 0 Å². The van der Waals surface area contributed by atoms with Gasteiger partial charge in [-0.1, -0.05) is 6.92 Å². The highest BCUT2D eigenvalue weighted by Gasteiger charge is 2.29. The third-order valence-corrected chi connectivity index (χ3v) is 2.70. The lowest BCUT2D eigenvalue weighted by Gasteiger charge is -2.21. The Kier molecular flexibility index (Phi) is 2.52. The summed E-state index contributed by atoms with van der Waals surface area (Å²) in [6.07, 6.45) is 7.61. The maximum absolute atomic E-state index is 10.5. The van der Waals surface area contributed by atoms with Crippen LogP contribution in [0.1, 0.15) is 19.0 Å². The van der Waals surface area contributed by atoms with Gasteiger partial charge in [0.15, 0.2) is 0 Å². The summed E-state index contributed by atoms with van der Waals surface area (Å²) in [5.74, 6) is 0. The van der Waals surface area contributed by atoms with E-state index in [9.17, 15) is 10.1 Å². The van der Waals surface area contributed by atoms with E-state index < -0.39 is 10.5 Å². The van der Waals surface area contributed by atoms with Crippen LogP contribution >= 0.6 is 0 Å². The minimum Gasteiger partial charge on any atom is -0.276 e. The summed E-state index contributed by atoms with van der Waals surface area (Å²) in [6.45, 7) is 2.01. The molecule has 0 saturated heterocycles. The standard InChI is InChI=1S/C11H11N3O2/c1-2-11(6-3-7-13-11)10-5-4-9(8-12-10)14(15)16/h3-8H,2H2,1H3. The summed E-state index contributed by atoms with van der Waals surface area (Å²) < 4.78 is 0. The SMILES string of the molecule is CCC1(c2ccc([N+](=O)[O-])cn2)C=CC=N1. The second kappa shape index (κ2) is 3.84. The Morgan fingerprint density at radius 2 is 2.31 bits per heavy atom. The summed E-state index contributed by atoms with van der Waals surface area (Å²) >= 11 is 0. The normalized spacial score (nSPS) is 22.6. The zero-order chi connectivity index (χ0) is 11.6. The van der Waals surface area contributed by atoms with Crippen LogP contribution < -0.4 is 0 Å². The molecular weight excluding hydrogens is 206 g/mol. The van der Waals surface area contributed by atoms with Gasteiger partial charge in [0.2, 0.25) is 0 Å². The van der Waals surface area contributed by atoms with Crippen molar-refractivity contribution in [1.29, 1.82) is 0 Å². The first-order valence-corrected chi connectivity index (χ1v) is 5.02. The molecule has 82 valence electrons. The first-order chi connectivity index (χ1) is 7.68. The average Bonchev–Trinajstić information content (AvgIpc) is 2.79. The van der Waals surface area contributed by atoms with Crippen LogP contribution in [0, 0.1) is 10.1 Å². The molecule has 1 unspecified atom stereocenters. The molecule has 1 aromatic heterocycles. The molecule has 1 aliphatic rings. The lowest BCUT2D eigenvalue weighted by atomic mass is 9.93. The highest BCUT2D eigenvalue weighted by molar-refractivity contribution is 5.75. The molecule has 0 aromatic carbocycles. The molecule has 2 heterocycles. The first-order valence-electron chi connectivity index (χ1n) is 5.02. The monoisotopic (exact) mass is 217 g/mol. The molecule has 5 nitrogen and oxygen atoms in total. The molecule has 0 radical (unpaired) electrons. The molecule has 0 fully saturated rings. The van der Waals surface area contributed by atoms with E-state index in [-0.39, 0.29) is 5.69 Å². The van der Waals surface area contributed by atoms with Gasteiger partial charge in [-0.05, 0) is 24.6 Å². The van der Waals surface area contributed by atoms with Crippen molar-refractivity contribution in [3.05, 3.63) is 46.3 Å². The fourth-order valence-corrected chi connectivity index (χ4v) is 1.71. The van der Waals surface area contributed by atoms with Crippen molar-refractivity contribution in [3.63, 3.8) is 0 Å². The summed E-state index contributed by atoms with van der Waals surface area (Å²) in [7, 11) is 0. The van der Waals surface area contributed by atoms with Crippen molar-refractivity contribution in [1.82, 2.24) is 4.98 Å². The molecule has 0 N–H and O–H groups in total. The van der Waals surface area contributed by atoms with Crippen LogP contribution in [0.3, 0.4) is 0 Å². The molecule has 16 heavy (non-hydrogen) atoms. The molecule has 0 spiro atoms. The van der Waals surface area contributed by atoms with Crippen molar-refractivity contribution in [2.45, 2.75) is 18.9 Å². The van der Waals surface area contributed by atoms with Gasteiger partial charge in [-0.2, -0.15) is 0 Å². The second-order valence-corrected chi connectivity index (χ2v) is 3.57. The number of aliphatic imine (C=N–C) groups is 1. The van der Waals surface area contributed by atoms with Gasteiger partial charge in [-0.25, -0.2) is 0 Å². The number of rotatable bonds is 3. The van der Waals surface area contributed by atoms with E-state index in [0.717, 1.165) is 12.1 Å². The van der Waals surface area contributed by atoms with Crippen molar-refractivity contribution < 1.29 is 4.92 Å². The highest BCUT2D eigenvalue weighted by atomic mass is 16.6. The largest absolute Gasteiger partial charge is 0.287 e. The molecule has 0 aliphatic carbocycles. The Bertz CT molecular complexity index is 451. The van der Waals surface area contributed by atoms with E-state index in [1.807, 2.05) is 19.1 Å². The molecular formula is C11H11N3O2. The Morgan fingerprint density at radius 3 is 2.75 bits per heavy atom. The van der Waals surface area contributed by atoms with Gasteiger partial charge in [-0.3, -0.25) is 20.1 Å². The zero-order valence-corrected chi connectivity index (χ0v) is 8.83. The van der Waals surface area contributed by atoms with E-state index in [1.165, 1.54) is 12.3 Å². The Morgan fingerprint density at radius 1 is 1.50 bits per heavy atom. The topological polar surface area (TPSA) is 68.4 Å². The minimum absolute atomic E-state index is 0.000888. The molecule has 0 saturated carbocycles. The van der Waals surface area contributed by atoms with Gasteiger partial charge < -0.3 is 0 Å². The van der Waals surface area contributed by atoms with Crippen molar-refractivity contribution >= 4 is 11.9 Å². The number of nitrogens with zero attached hydrogens (tertiary/aromatic N) is 3. The fraction of sp³-hybridized carbons (Fsp3) is 0.273. The minimum atomic E-state index is -0.455. The third-order valence-electron chi connectivity index (χ3n) is 2.70. The number of pyridine rings is 1. The van der Waals surface area contributed by atoms with Crippen molar-refractivity contribution in [2.24, 2.45) is 4.99 Å². The molecule has 2 rings (SSSR count). The number of hydrogen-bond donors (Lipinski definition) is 0. The van der Waals surface area contributed by atoms with E-state index in [0.29, 0.717) is 0 Å². The highest BCUT2D eigenvalue weighted by Crippen LogP contribution is 2.32. The quantitative estimate of drug-likeness (QED) is 0.575. The molecule has 5 heteroatoms. The summed E-state index contributed by atoms with van der Waals surface area (Å²) in [5, 5.41) is 10.5. The van der Waals surface area contributed by atoms with Crippen LogP contribution in [0.4, 0.5) is 5.69 Å². The van der Waals surface area contributed by atoms with Crippen LogP contribution in [0.15, 0.2) is 35.5 Å². The number of hydrogen-bond acceptors (Lipinski definition) is 4. The lowest BCUT2D eigenvalue weighted by Crippen LogP contribution is -2.19. The zero-order valence-electron chi connectivity index (χ0n) is 8.83. The Labute approximate surface area is 92.7 Å². The fourth-order valence-electron chi connectivity index (χ4n) is 1.71. The van der Waals surface area contributed by atoms with Gasteiger partial charge in [-0.15, -0.1) is 0 Å². The van der Waals surface area contributed by atoms with Gasteiger partial charge in [0.25, 0.3) is 5.69 Å². The predicted octanol–water partition coefficient (Wildman–Crippen LogP) is 2.24. The van der Waals surface area contributed by atoms with Gasteiger partial charge in [0, 0.05) is 12.3 Å². The number of allylic oxidation sites excluding steroid dienone is 1. The average molecular weight is 217 g/mol. The van der Waals surface area contributed by atoms with Crippen LogP contribution in [-0.4, -0.2) is 16.1 Å². The van der Waals surface area contributed by atoms with Crippen LogP contribution in [-0.2, 0) is 5.54 Å². The first kappa shape index (κ1) is 10.5. The molecule has 1 aliphatic heterocycles. The summed E-state index contributed by atoms with van der Waals surface area (Å²) in [5.41, 5.74) is 0.307. The Hall–Kier alpha value is -2.04. The molecule has 1 aromatic rings. The van der Waals surface area contributed by atoms with E-state index >= 15 is 0 Å². The molecule has 0 bridgehead atoms. The third kappa shape index (κ3) is 1.60. The van der Waals surface area contributed by atoms with Gasteiger partial charge >= 0.3 is 0 Å². The Balaban J connectivity index is 2.38. The van der Waals surface area contributed by atoms with Crippen molar-refractivity contribution in [2.75, 3.05) is 0 Å². The van der Waals surface area contributed by atoms with E-state index in [2.05, 4.69) is 9.98 Å². The van der Waals surface area contributed by atoms with Crippen LogP contribution in [0.5, 0.6) is 0 Å². The van der Waals surface area contributed by atoms with Crippen LogP contribution in [0.25, 0.3) is 0 Å². The maximum atomic E-state index is 10.5. The second-order valence-electron chi connectivity index (χ2n) is 3.57. The predicted molar refractivity (Wildman–Crippen MR) is 60.5 cm³/mol. The van der Waals surface area contributed by atoms with E-state index in [1.54, 1.807) is 12.3 Å². The smallest absolute Gasteiger partial charge is 0.276 e. The number of aromatic nitrogens is 1. The molecule has 1 atom stereocenters. The van der Waals surface area contributed by atoms with Gasteiger partial charge in [0.05, 0.1) is 10.6 Å². The van der Waals surface area contributed by atoms with Crippen molar-refractivity contribution in [3.8, 4) is 0 Å². The maximum Gasteiger partial charge on any atom is 0.287 e. The van der Waals surface area contributed by atoms with Crippen LogP contribution in [0.2, 0.25) is 0 Å². The number of nitro groups is 1.